The van der Waals surface area contributed by atoms with Crippen molar-refractivity contribution in [2.45, 2.75) is 26.1 Å². The molecular weight excluding hydrogens is 262 g/mol. The van der Waals surface area contributed by atoms with Crippen LogP contribution in [0.5, 0.6) is 0 Å². The van der Waals surface area contributed by atoms with Gasteiger partial charge in [-0.3, -0.25) is 0 Å². The van der Waals surface area contributed by atoms with E-state index in [4.69, 9.17) is 0 Å². The highest BCUT2D eigenvalue weighted by molar-refractivity contribution is 5.29. The molecule has 1 atom stereocenters. The SMILES string of the molecule is CCNC(COCC(F)(F)F)c1cc(F)ccc1C. The Morgan fingerprint density at radius 3 is 2.58 bits per heavy atom. The molecule has 1 aromatic carbocycles. The number of aryl methyl sites for hydroxylation is 1. The van der Waals surface area contributed by atoms with Crippen LogP contribution < -0.4 is 5.32 Å². The van der Waals surface area contributed by atoms with E-state index in [1.807, 2.05) is 6.92 Å². The highest BCUT2D eigenvalue weighted by Crippen LogP contribution is 2.21. The van der Waals surface area contributed by atoms with Gasteiger partial charge in [-0.1, -0.05) is 13.0 Å². The first-order chi connectivity index (χ1) is 8.83. The first-order valence-corrected chi connectivity index (χ1v) is 5.97. The van der Waals surface area contributed by atoms with E-state index < -0.39 is 24.6 Å². The van der Waals surface area contributed by atoms with E-state index in [2.05, 4.69) is 10.1 Å². The molecule has 0 heterocycles. The highest BCUT2D eigenvalue weighted by atomic mass is 19.4. The van der Waals surface area contributed by atoms with E-state index in [-0.39, 0.29) is 6.61 Å². The summed E-state index contributed by atoms with van der Waals surface area (Å²) in [5.41, 5.74) is 1.42. The molecule has 2 nitrogen and oxygen atoms in total. The lowest BCUT2D eigenvalue weighted by Crippen LogP contribution is -2.28. The zero-order valence-electron chi connectivity index (χ0n) is 10.9. The molecule has 108 valence electrons. The fraction of sp³-hybridized carbons (Fsp3) is 0.538. The standard InChI is InChI=1S/C13H17F4NO/c1-3-18-12(7-19-8-13(15,16)17)11-6-10(14)5-4-9(11)2/h4-6,12,18H,3,7-8H2,1-2H3. The summed E-state index contributed by atoms with van der Waals surface area (Å²) in [7, 11) is 0. The lowest BCUT2D eigenvalue weighted by Gasteiger charge is -2.21. The van der Waals surface area contributed by atoms with Crippen LogP contribution in [0.1, 0.15) is 24.1 Å². The maximum Gasteiger partial charge on any atom is 0.411 e. The average Bonchev–Trinajstić information content (AvgIpc) is 2.30. The van der Waals surface area contributed by atoms with Gasteiger partial charge in [-0.05, 0) is 36.7 Å². The van der Waals surface area contributed by atoms with Crippen molar-refractivity contribution in [2.75, 3.05) is 19.8 Å². The van der Waals surface area contributed by atoms with Crippen molar-refractivity contribution < 1.29 is 22.3 Å². The predicted octanol–water partition coefficient (Wildman–Crippen LogP) is 3.36. The van der Waals surface area contributed by atoms with E-state index in [1.54, 1.807) is 13.0 Å². The van der Waals surface area contributed by atoms with Crippen molar-refractivity contribution >= 4 is 0 Å². The second-order valence-electron chi connectivity index (χ2n) is 4.24. The Hall–Kier alpha value is -1.14. The topological polar surface area (TPSA) is 21.3 Å². The average molecular weight is 279 g/mol. The number of hydrogen-bond acceptors (Lipinski definition) is 2. The molecule has 0 aromatic heterocycles. The second kappa shape index (κ2) is 6.86. The van der Waals surface area contributed by atoms with Gasteiger partial charge in [-0.15, -0.1) is 0 Å². The third-order valence-corrected chi connectivity index (χ3v) is 2.62. The maximum absolute atomic E-state index is 13.2. The van der Waals surface area contributed by atoms with Gasteiger partial charge in [-0.25, -0.2) is 4.39 Å². The van der Waals surface area contributed by atoms with E-state index in [0.717, 1.165) is 5.56 Å². The number of likely N-dealkylation sites (N-methyl/N-ethyl adjacent to an activating group) is 1. The molecule has 0 saturated carbocycles. The van der Waals surface area contributed by atoms with Gasteiger partial charge < -0.3 is 10.1 Å². The van der Waals surface area contributed by atoms with Crippen molar-refractivity contribution in [1.82, 2.24) is 5.32 Å². The van der Waals surface area contributed by atoms with E-state index in [0.29, 0.717) is 12.1 Å². The van der Waals surface area contributed by atoms with Gasteiger partial charge >= 0.3 is 6.18 Å². The molecule has 0 aliphatic heterocycles. The molecule has 0 fully saturated rings. The van der Waals surface area contributed by atoms with Crippen LogP contribution in [-0.2, 0) is 4.74 Å². The maximum atomic E-state index is 13.2. The van der Waals surface area contributed by atoms with Crippen LogP contribution in [0.15, 0.2) is 18.2 Å². The molecule has 1 N–H and O–H groups in total. The summed E-state index contributed by atoms with van der Waals surface area (Å²) in [6, 6.07) is 3.78. The Balaban J connectivity index is 2.73. The second-order valence-corrected chi connectivity index (χ2v) is 4.24. The first kappa shape index (κ1) is 15.9. The van der Waals surface area contributed by atoms with Gasteiger partial charge in [-0.2, -0.15) is 13.2 Å². The lowest BCUT2D eigenvalue weighted by molar-refractivity contribution is -0.175. The summed E-state index contributed by atoms with van der Waals surface area (Å²) in [5.74, 6) is -0.417. The van der Waals surface area contributed by atoms with Crippen molar-refractivity contribution in [3.63, 3.8) is 0 Å². The number of halogens is 4. The van der Waals surface area contributed by atoms with Gasteiger partial charge in [0.2, 0.25) is 0 Å². The minimum absolute atomic E-state index is 0.155. The van der Waals surface area contributed by atoms with Crippen molar-refractivity contribution in [3.8, 4) is 0 Å². The summed E-state index contributed by atoms with van der Waals surface area (Å²) >= 11 is 0. The number of hydrogen-bond donors (Lipinski definition) is 1. The molecule has 0 aliphatic rings. The minimum atomic E-state index is -4.35. The number of benzene rings is 1. The van der Waals surface area contributed by atoms with Crippen LogP contribution in [0.25, 0.3) is 0 Å². The quantitative estimate of drug-likeness (QED) is 0.806. The molecule has 0 saturated heterocycles. The molecule has 0 bridgehead atoms. The Bertz CT molecular complexity index is 406. The zero-order valence-corrected chi connectivity index (χ0v) is 10.9. The Morgan fingerprint density at radius 2 is 2.00 bits per heavy atom. The number of alkyl halides is 3. The fourth-order valence-electron chi connectivity index (χ4n) is 1.78. The summed E-state index contributed by atoms with van der Waals surface area (Å²) in [6.45, 7) is 2.70. The molecule has 0 amide bonds. The van der Waals surface area contributed by atoms with Crippen LogP contribution in [-0.4, -0.2) is 25.9 Å². The van der Waals surface area contributed by atoms with Crippen molar-refractivity contribution in [2.24, 2.45) is 0 Å². The lowest BCUT2D eigenvalue weighted by atomic mass is 10.0. The molecule has 1 rings (SSSR count). The molecule has 1 aromatic rings. The molecule has 0 spiro atoms. The minimum Gasteiger partial charge on any atom is -0.370 e. The number of nitrogens with one attached hydrogen (secondary N) is 1. The van der Waals surface area contributed by atoms with E-state index in [1.165, 1.54) is 12.1 Å². The normalized spacial score (nSPS) is 13.6. The first-order valence-electron chi connectivity index (χ1n) is 5.97. The fourth-order valence-corrected chi connectivity index (χ4v) is 1.78. The Labute approximate surface area is 109 Å². The summed E-state index contributed by atoms with van der Waals surface area (Å²) < 4.78 is 54.0. The Kier molecular flexibility index (Phi) is 5.75. The van der Waals surface area contributed by atoms with Crippen LogP contribution in [0.4, 0.5) is 17.6 Å². The van der Waals surface area contributed by atoms with Crippen LogP contribution in [0.2, 0.25) is 0 Å². The monoisotopic (exact) mass is 279 g/mol. The number of rotatable bonds is 6. The third kappa shape index (κ3) is 5.57. The summed E-state index contributed by atoms with van der Waals surface area (Å²) in [6.07, 6.45) is -4.35. The number of ether oxygens (including phenoxy) is 1. The predicted molar refractivity (Wildman–Crippen MR) is 64.4 cm³/mol. The van der Waals surface area contributed by atoms with E-state index >= 15 is 0 Å². The van der Waals surface area contributed by atoms with Crippen LogP contribution >= 0.6 is 0 Å². The molecular formula is C13H17F4NO. The molecule has 0 aliphatic carbocycles. The Morgan fingerprint density at radius 1 is 1.32 bits per heavy atom. The summed E-state index contributed by atoms with van der Waals surface area (Å²) in [4.78, 5) is 0. The van der Waals surface area contributed by atoms with Gasteiger partial charge in [0.25, 0.3) is 0 Å². The van der Waals surface area contributed by atoms with Gasteiger partial charge in [0.05, 0.1) is 12.6 Å². The third-order valence-electron chi connectivity index (χ3n) is 2.62. The summed E-state index contributed by atoms with van der Waals surface area (Å²) in [5, 5.41) is 2.99. The van der Waals surface area contributed by atoms with Gasteiger partial charge in [0.1, 0.15) is 12.4 Å². The van der Waals surface area contributed by atoms with Crippen molar-refractivity contribution in [1.29, 1.82) is 0 Å². The molecule has 19 heavy (non-hydrogen) atoms. The highest BCUT2D eigenvalue weighted by Gasteiger charge is 2.28. The zero-order chi connectivity index (χ0) is 14.5. The molecule has 1 unspecified atom stereocenters. The molecule has 0 radical (unpaired) electrons. The van der Waals surface area contributed by atoms with Crippen LogP contribution in [0.3, 0.4) is 0 Å². The van der Waals surface area contributed by atoms with Gasteiger partial charge in [0.15, 0.2) is 0 Å². The smallest absolute Gasteiger partial charge is 0.370 e. The largest absolute Gasteiger partial charge is 0.411 e. The van der Waals surface area contributed by atoms with Crippen LogP contribution in [0, 0.1) is 12.7 Å². The van der Waals surface area contributed by atoms with Crippen molar-refractivity contribution in [3.05, 3.63) is 35.1 Å². The van der Waals surface area contributed by atoms with E-state index in [9.17, 15) is 17.6 Å². The molecule has 6 heteroatoms. The van der Waals surface area contributed by atoms with Gasteiger partial charge in [0, 0.05) is 0 Å².